The lowest BCUT2D eigenvalue weighted by molar-refractivity contribution is -0.142. The van der Waals surface area contributed by atoms with Gasteiger partial charge in [-0.05, 0) is 22.0 Å². The molecule has 0 bridgehead atoms. The fourth-order valence-corrected chi connectivity index (χ4v) is 2.89. The lowest BCUT2D eigenvalue weighted by atomic mass is 10.1. The van der Waals surface area contributed by atoms with Crippen LogP contribution >= 0.6 is 27.3 Å². The Morgan fingerprint density at radius 3 is 2.94 bits per heavy atom. The minimum absolute atomic E-state index is 0.221. The Morgan fingerprint density at radius 1 is 1.59 bits per heavy atom. The number of amides is 1. The molecule has 1 saturated heterocycles. The zero-order chi connectivity index (χ0) is 12.4. The molecule has 2 N–H and O–H groups in total. The van der Waals surface area contributed by atoms with E-state index in [4.69, 9.17) is 5.11 Å². The second-order valence-electron chi connectivity index (χ2n) is 3.70. The summed E-state index contributed by atoms with van der Waals surface area (Å²) in [6.07, 6.45) is 0. The van der Waals surface area contributed by atoms with Gasteiger partial charge in [0.2, 0.25) is 0 Å². The molecule has 0 aromatic carbocycles. The zero-order valence-electron chi connectivity index (χ0n) is 8.85. The summed E-state index contributed by atoms with van der Waals surface area (Å²) in [6, 6.07) is 0.934. The van der Waals surface area contributed by atoms with E-state index in [-0.39, 0.29) is 5.91 Å². The molecule has 0 saturated carbocycles. The highest BCUT2D eigenvalue weighted by Gasteiger charge is 2.32. The Labute approximate surface area is 111 Å². The van der Waals surface area contributed by atoms with Crippen LogP contribution in [0.3, 0.4) is 0 Å². The maximum absolute atomic E-state index is 12.1. The number of nitrogens with one attached hydrogen (secondary N) is 1. The molecule has 2 rings (SSSR count). The topological polar surface area (TPSA) is 69.6 Å². The molecule has 7 heteroatoms. The lowest BCUT2D eigenvalue weighted by Gasteiger charge is -2.33. The molecule has 1 amide bonds. The molecule has 1 aliphatic heterocycles. The van der Waals surface area contributed by atoms with Crippen LogP contribution in [0.4, 0.5) is 0 Å². The van der Waals surface area contributed by atoms with Crippen molar-refractivity contribution in [3.05, 3.63) is 20.8 Å². The molecule has 1 unspecified atom stereocenters. The molecule has 1 aromatic heterocycles. The lowest BCUT2D eigenvalue weighted by Crippen LogP contribution is -2.56. The number of carboxylic acid groups (broad SMARTS) is 1. The predicted molar refractivity (Wildman–Crippen MR) is 67.3 cm³/mol. The number of carbonyl (C=O) groups is 2. The fourth-order valence-electron chi connectivity index (χ4n) is 1.76. The van der Waals surface area contributed by atoms with E-state index < -0.39 is 12.0 Å². The fraction of sp³-hybridized carbons (Fsp3) is 0.400. The normalized spacial score (nSPS) is 20.3. The van der Waals surface area contributed by atoms with Gasteiger partial charge >= 0.3 is 5.97 Å². The molecular formula is C10H11BrN2O3S. The number of hydrogen-bond donors (Lipinski definition) is 2. The molecule has 1 aliphatic rings. The van der Waals surface area contributed by atoms with E-state index in [9.17, 15) is 9.59 Å². The first-order chi connectivity index (χ1) is 8.09. The van der Waals surface area contributed by atoms with E-state index in [1.54, 1.807) is 11.4 Å². The molecule has 5 nitrogen and oxygen atoms in total. The van der Waals surface area contributed by atoms with Crippen LogP contribution in [0.2, 0.25) is 0 Å². The zero-order valence-corrected chi connectivity index (χ0v) is 11.3. The number of nitrogens with zero attached hydrogens (tertiary/aromatic N) is 1. The maximum Gasteiger partial charge on any atom is 0.327 e. The van der Waals surface area contributed by atoms with Gasteiger partial charge in [-0.15, -0.1) is 11.3 Å². The molecule has 92 valence electrons. The first-order valence-corrected chi connectivity index (χ1v) is 6.75. The van der Waals surface area contributed by atoms with Gasteiger partial charge in [0, 0.05) is 25.0 Å². The quantitative estimate of drug-likeness (QED) is 0.854. The standard InChI is InChI=1S/C10H11BrN2O3S/c11-8-3-6(5-17-8)9(14)13-2-1-12-4-7(13)10(15)16/h3,5,7,12H,1-2,4H2,(H,15,16). The molecule has 0 spiro atoms. The van der Waals surface area contributed by atoms with E-state index in [1.165, 1.54) is 16.2 Å². The van der Waals surface area contributed by atoms with Gasteiger partial charge < -0.3 is 15.3 Å². The monoisotopic (exact) mass is 318 g/mol. The van der Waals surface area contributed by atoms with Crippen molar-refractivity contribution in [3.8, 4) is 0 Å². The number of piperazine rings is 1. The molecular weight excluding hydrogens is 308 g/mol. The second-order valence-corrected chi connectivity index (χ2v) is 5.99. The Morgan fingerprint density at radius 2 is 2.35 bits per heavy atom. The summed E-state index contributed by atoms with van der Waals surface area (Å²) in [6.45, 7) is 1.34. The van der Waals surface area contributed by atoms with Gasteiger partial charge in [-0.25, -0.2) is 4.79 Å². The van der Waals surface area contributed by atoms with Crippen LogP contribution in [0, 0.1) is 0 Å². The average molecular weight is 319 g/mol. The molecule has 0 aliphatic carbocycles. The number of rotatable bonds is 2. The molecule has 0 radical (unpaired) electrons. The summed E-state index contributed by atoms with van der Waals surface area (Å²) in [5, 5.41) is 13.8. The number of aliphatic carboxylic acids is 1. The summed E-state index contributed by atoms with van der Waals surface area (Å²) in [5.74, 6) is -1.19. The highest BCUT2D eigenvalue weighted by Crippen LogP contribution is 2.22. The van der Waals surface area contributed by atoms with Crippen LogP contribution in [0.25, 0.3) is 0 Å². The van der Waals surface area contributed by atoms with Gasteiger partial charge in [-0.3, -0.25) is 4.79 Å². The predicted octanol–water partition coefficient (Wildman–Crippen LogP) is 1.01. The highest BCUT2D eigenvalue weighted by atomic mass is 79.9. The second kappa shape index (κ2) is 5.16. The van der Waals surface area contributed by atoms with Crippen molar-refractivity contribution in [2.45, 2.75) is 6.04 Å². The largest absolute Gasteiger partial charge is 0.480 e. The van der Waals surface area contributed by atoms with Gasteiger partial charge in [-0.1, -0.05) is 0 Å². The third-order valence-electron chi connectivity index (χ3n) is 2.60. The van der Waals surface area contributed by atoms with Crippen molar-refractivity contribution in [2.24, 2.45) is 0 Å². The van der Waals surface area contributed by atoms with Gasteiger partial charge in [0.1, 0.15) is 6.04 Å². The third-order valence-corrected chi connectivity index (χ3v) is 4.11. The number of halogens is 1. The van der Waals surface area contributed by atoms with E-state index in [1.807, 2.05) is 0 Å². The number of thiophene rings is 1. The summed E-state index contributed by atoms with van der Waals surface area (Å²) in [7, 11) is 0. The van der Waals surface area contributed by atoms with Gasteiger partial charge in [0.15, 0.2) is 0 Å². The minimum atomic E-state index is -0.972. The van der Waals surface area contributed by atoms with E-state index in [0.717, 1.165) is 3.79 Å². The Bertz CT molecular complexity index is 449. The summed E-state index contributed by atoms with van der Waals surface area (Å²) in [4.78, 5) is 24.6. The van der Waals surface area contributed by atoms with E-state index >= 15 is 0 Å². The van der Waals surface area contributed by atoms with Crippen molar-refractivity contribution in [2.75, 3.05) is 19.6 Å². The van der Waals surface area contributed by atoms with Crippen molar-refractivity contribution in [3.63, 3.8) is 0 Å². The minimum Gasteiger partial charge on any atom is -0.480 e. The Kier molecular flexibility index (Phi) is 3.80. The van der Waals surface area contributed by atoms with Crippen molar-refractivity contribution in [1.29, 1.82) is 0 Å². The molecule has 1 atom stereocenters. The first kappa shape index (κ1) is 12.5. The van der Waals surface area contributed by atoms with Gasteiger partial charge in [0.05, 0.1) is 9.35 Å². The Hall–Kier alpha value is -0.920. The number of carboxylic acids is 1. The smallest absolute Gasteiger partial charge is 0.327 e. The summed E-state index contributed by atoms with van der Waals surface area (Å²) < 4.78 is 0.864. The molecule has 1 aromatic rings. The highest BCUT2D eigenvalue weighted by molar-refractivity contribution is 9.11. The van der Waals surface area contributed by atoms with Crippen LogP contribution in [0.15, 0.2) is 15.2 Å². The first-order valence-electron chi connectivity index (χ1n) is 5.08. The van der Waals surface area contributed by atoms with Crippen molar-refractivity contribution < 1.29 is 14.7 Å². The number of hydrogen-bond acceptors (Lipinski definition) is 4. The van der Waals surface area contributed by atoms with E-state index in [0.29, 0.717) is 25.2 Å². The van der Waals surface area contributed by atoms with Gasteiger partial charge in [-0.2, -0.15) is 0 Å². The Balaban J connectivity index is 2.19. The van der Waals surface area contributed by atoms with Crippen LogP contribution in [0.5, 0.6) is 0 Å². The molecule has 17 heavy (non-hydrogen) atoms. The van der Waals surface area contributed by atoms with Crippen LogP contribution < -0.4 is 5.32 Å². The summed E-state index contributed by atoms with van der Waals surface area (Å²) in [5.41, 5.74) is 0.537. The third kappa shape index (κ3) is 2.67. The molecule has 1 fully saturated rings. The number of carbonyl (C=O) groups excluding carboxylic acids is 1. The van der Waals surface area contributed by atoms with Crippen molar-refractivity contribution >= 4 is 39.1 Å². The SMILES string of the molecule is O=C(O)C1CNCCN1C(=O)c1csc(Br)c1. The maximum atomic E-state index is 12.1. The van der Waals surface area contributed by atoms with Crippen LogP contribution in [0.1, 0.15) is 10.4 Å². The van der Waals surface area contributed by atoms with Crippen LogP contribution in [-0.2, 0) is 4.79 Å². The van der Waals surface area contributed by atoms with Gasteiger partial charge in [0.25, 0.3) is 5.91 Å². The average Bonchev–Trinajstić information content (AvgIpc) is 2.75. The van der Waals surface area contributed by atoms with E-state index in [2.05, 4.69) is 21.2 Å². The van der Waals surface area contributed by atoms with Crippen molar-refractivity contribution in [1.82, 2.24) is 10.2 Å². The molecule has 2 heterocycles. The summed E-state index contributed by atoms with van der Waals surface area (Å²) >= 11 is 4.70. The van der Waals surface area contributed by atoms with Crippen LogP contribution in [-0.4, -0.2) is 47.6 Å².